The first-order valence-electron chi connectivity index (χ1n) is 9.38. The van der Waals surface area contributed by atoms with Gasteiger partial charge in [0.05, 0.1) is 49.7 Å². The lowest BCUT2D eigenvalue weighted by atomic mass is 10.1. The van der Waals surface area contributed by atoms with Crippen molar-refractivity contribution in [3.8, 4) is 17.0 Å². The lowest BCUT2D eigenvalue weighted by Crippen LogP contribution is -2.42. The molecule has 2 aromatic heterocycles. The lowest BCUT2D eigenvalue weighted by Gasteiger charge is -2.32. The van der Waals surface area contributed by atoms with E-state index in [1.54, 1.807) is 24.4 Å². The zero-order chi connectivity index (χ0) is 20.2. The fourth-order valence-corrected chi connectivity index (χ4v) is 3.94. The van der Waals surface area contributed by atoms with Crippen LogP contribution in [0.25, 0.3) is 11.3 Å². The van der Waals surface area contributed by atoms with Gasteiger partial charge in [-0.1, -0.05) is 23.5 Å². The highest BCUT2D eigenvalue weighted by molar-refractivity contribution is 7.08. The number of aryl methyl sites for hydroxylation is 1. The van der Waals surface area contributed by atoms with E-state index in [1.807, 2.05) is 31.2 Å². The molecule has 0 radical (unpaired) electrons. The number of rotatable bonds is 5. The van der Waals surface area contributed by atoms with Gasteiger partial charge in [0.15, 0.2) is 0 Å². The second kappa shape index (κ2) is 8.62. The molecule has 0 aliphatic carbocycles. The molecular formula is C20H21N5O3S. The molecule has 0 spiro atoms. The molecule has 9 heteroatoms. The van der Waals surface area contributed by atoms with Crippen molar-refractivity contribution in [1.82, 2.24) is 24.5 Å². The Hall–Kier alpha value is -2.91. The van der Waals surface area contributed by atoms with Gasteiger partial charge in [0.1, 0.15) is 16.7 Å². The largest absolute Gasteiger partial charge is 0.497 e. The van der Waals surface area contributed by atoms with Gasteiger partial charge in [-0.2, -0.15) is 0 Å². The van der Waals surface area contributed by atoms with Crippen molar-refractivity contribution in [3.05, 3.63) is 52.9 Å². The van der Waals surface area contributed by atoms with Gasteiger partial charge >= 0.3 is 0 Å². The first kappa shape index (κ1) is 19.4. The van der Waals surface area contributed by atoms with Crippen molar-refractivity contribution < 1.29 is 14.3 Å². The first-order chi connectivity index (χ1) is 14.2. The van der Waals surface area contributed by atoms with Gasteiger partial charge in [0.25, 0.3) is 5.91 Å². The molecule has 1 aliphatic rings. The Kier molecular flexibility index (Phi) is 5.77. The molecule has 3 aromatic rings. The number of carbonyl (C=O) groups is 1. The summed E-state index contributed by atoms with van der Waals surface area (Å²) >= 11 is 1.14. The molecule has 1 amide bonds. The second-order valence-corrected chi connectivity index (χ2v) is 7.33. The molecule has 1 aromatic carbocycles. The zero-order valence-corrected chi connectivity index (χ0v) is 17.1. The molecule has 1 saturated heterocycles. The number of benzene rings is 1. The Morgan fingerprint density at radius 1 is 1.38 bits per heavy atom. The summed E-state index contributed by atoms with van der Waals surface area (Å²) in [5, 5.41) is 4.04. The molecule has 1 atom stereocenters. The van der Waals surface area contributed by atoms with Gasteiger partial charge in [-0.3, -0.25) is 9.78 Å². The molecule has 4 rings (SSSR count). The Morgan fingerprint density at radius 3 is 3.10 bits per heavy atom. The number of ether oxygens (including phenoxy) is 2. The smallest absolute Gasteiger partial charge is 0.267 e. The summed E-state index contributed by atoms with van der Waals surface area (Å²) in [4.78, 5) is 24.4. The number of nitrogens with zero attached hydrogens (tertiary/aromatic N) is 5. The molecule has 0 N–H and O–H groups in total. The van der Waals surface area contributed by atoms with E-state index in [0.29, 0.717) is 36.7 Å². The highest BCUT2D eigenvalue weighted by atomic mass is 32.1. The topological polar surface area (TPSA) is 90.3 Å². The minimum absolute atomic E-state index is 0.0536. The summed E-state index contributed by atoms with van der Waals surface area (Å²) < 4.78 is 15.1. The minimum Gasteiger partial charge on any atom is -0.497 e. The van der Waals surface area contributed by atoms with Gasteiger partial charge in [-0.15, -0.1) is 5.10 Å². The fourth-order valence-electron chi connectivity index (χ4n) is 3.22. The SMILES string of the molecule is CCc1nnsc1C(=O)N1CCO[C@H](c2cncc(-c3cccc(OC)c3)n2)C1. The molecule has 0 saturated carbocycles. The number of amides is 1. The van der Waals surface area contributed by atoms with E-state index in [9.17, 15) is 4.79 Å². The average molecular weight is 411 g/mol. The van der Waals surface area contributed by atoms with E-state index in [2.05, 4.69) is 14.6 Å². The van der Waals surface area contributed by atoms with Gasteiger partial charge in [0.2, 0.25) is 0 Å². The Labute approximate surface area is 172 Å². The van der Waals surface area contributed by atoms with Crippen LogP contribution in [0, 0.1) is 0 Å². The van der Waals surface area contributed by atoms with E-state index in [1.165, 1.54) is 0 Å². The summed E-state index contributed by atoms with van der Waals surface area (Å²) in [6.07, 6.45) is 3.74. The van der Waals surface area contributed by atoms with Crippen LogP contribution in [-0.2, 0) is 11.2 Å². The summed E-state index contributed by atoms with van der Waals surface area (Å²) in [6, 6.07) is 7.66. The maximum atomic E-state index is 12.9. The molecule has 0 bridgehead atoms. The fraction of sp³-hybridized carbons (Fsp3) is 0.350. The highest BCUT2D eigenvalue weighted by Gasteiger charge is 2.29. The number of carbonyl (C=O) groups excluding carboxylic acids is 1. The van der Waals surface area contributed by atoms with Crippen molar-refractivity contribution in [2.75, 3.05) is 26.8 Å². The lowest BCUT2D eigenvalue weighted by molar-refractivity contribution is -0.0247. The number of hydrogen-bond acceptors (Lipinski definition) is 8. The van der Waals surface area contributed by atoms with Crippen LogP contribution < -0.4 is 4.74 Å². The molecule has 8 nitrogen and oxygen atoms in total. The van der Waals surface area contributed by atoms with Crippen LogP contribution in [0.1, 0.15) is 34.1 Å². The molecule has 150 valence electrons. The van der Waals surface area contributed by atoms with E-state index >= 15 is 0 Å². The van der Waals surface area contributed by atoms with Gasteiger partial charge in [-0.25, -0.2) is 4.98 Å². The van der Waals surface area contributed by atoms with Crippen LogP contribution in [0.15, 0.2) is 36.7 Å². The summed E-state index contributed by atoms with van der Waals surface area (Å²) in [5.74, 6) is 0.701. The van der Waals surface area contributed by atoms with E-state index in [0.717, 1.165) is 34.2 Å². The molecular weight excluding hydrogens is 390 g/mol. The number of morpholine rings is 1. The third-order valence-corrected chi connectivity index (χ3v) is 5.54. The van der Waals surface area contributed by atoms with Crippen LogP contribution in [-0.4, -0.2) is 57.2 Å². The van der Waals surface area contributed by atoms with Crippen molar-refractivity contribution >= 4 is 17.4 Å². The third-order valence-electron chi connectivity index (χ3n) is 4.79. The van der Waals surface area contributed by atoms with Crippen LogP contribution in [0.3, 0.4) is 0 Å². The molecule has 0 unspecified atom stereocenters. The molecule has 29 heavy (non-hydrogen) atoms. The van der Waals surface area contributed by atoms with Crippen molar-refractivity contribution in [1.29, 1.82) is 0 Å². The second-order valence-electron chi connectivity index (χ2n) is 6.57. The van der Waals surface area contributed by atoms with Crippen LogP contribution in [0.2, 0.25) is 0 Å². The monoisotopic (exact) mass is 411 g/mol. The Morgan fingerprint density at radius 2 is 2.28 bits per heavy atom. The van der Waals surface area contributed by atoms with Crippen LogP contribution >= 0.6 is 11.5 Å². The number of aromatic nitrogens is 4. The quantitative estimate of drug-likeness (QED) is 0.638. The van der Waals surface area contributed by atoms with Gasteiger partial charge < -0.3 is 14.4 Å². The molecule has 1 aliphatic heterocycles. The maximum absolute atomic E-state index is 12.9. The van der Waals surface area contributed by atoms with Crippen molar-refractivity contribution in [3.63, 3.8) is 0 Å². The van der Waals surface area contributed by atoms with Gasteiger partial charge in [-0.05, 0) is 30.1 Å². The van der Waals surface area contributed by atoms with Crippen molar-refractivity contribution in [2.24, 2.45) is 0 Å². The number of methoxy groups -OCH3 is 1. The Balaban J connectivity index is 1.55. The van der Waals surface area contributed by atoms with E-state index < -0.39 is 0 Å². The predicted molar refractivity (Wildman–Crippen MR) is 108 cm³/mol. The Bertz CT molecular complexity index is 1010. The standard InChI is InChI=1S/C20H21N5O3S/c1-3-15-19(29-24-23-15)20(26)25-7-8-28-18(12-25)17-11-21-10-16(22-17)13-5-4-6-14(9-13)27-2/h4-6,9-11,18H,3,7-8,12H2,1-2H3/t18-/m0/s1. The van der Waals surface area contributed by atoms with E-state index in [-0.39, 0.29) is 12.0 Å². The highest BCUT2D eigenvalue weighted by Crippen LogP contribution is 2.26. The van der Waals surface area contributed by atoms with Crippen LogP contribution in [0.4, 0.5) is 0 Å². The molecule has 1 fully saturated rings. The normalized spacial score (nSPS) is 16.6. The third kappa shape index (κ3) is 4.10. The molecule has 3 heterocycles. The average Bonchev–Trinajstić information content (AvgIpc) is 3.28. The summed E-state index contributed by atoms with van der Waals surface area (Å²) in [6.45, 7) is 3.35. The first-order valence-corrected chi connectivity index (χ1v) is 10.2. The van der Waals surface area contributed by atoms with Crippen molar-refractivity contribution in [2.45, 2.75) is 19.4 Å². The minimum atomic E-state index is -0.336. The number of hydrogen-bond donors (Lipinski definition) is 0. The zero-order valence-electron chi connectivity index (χ0n) is 16.2. The maximum Gasteiger partial charge on any atom is 0.267 e. The summed E-state index contributed by atoms with van der Waals surface area (Å²) in [7, 11) is 1.63. The van der Waals surface area contributed by atoms with Crippen LogP contribution in [0.5, 0.6) is 5.75 Å². The van der Waals surface area contributed by atoms with Gasteiger partial charge in [0, 0.05) is 12.1 Å². The predicted octanol–water partition coefficient (Wildman–Crippen LogP) is 2.78. The van der Waals surface area contributed by atoms with E-state index in [4.69, 9.17) is 14.5 Å². The summed E-state index contributed by atoms with van der Waals surface area (Å²) in [5.41, 5.74) is 3.07.